The van der Waals surface area contributed by atoms with Crippen molar-refractivity contribution in [3.8, 4) is 0 Å². The van der Waals surface area contributed by atoms with Gasteiger partial charge in [0.05, 0.1) is 6.04 Å². The van der Waals surface area contributed by atoms with Gasteiger partial charge in [0.25, 0.3) is 0 Å². The number of benzene rings is 1. The highest BCUT2D eigenvalue weighted by molar-refractivity contribution is 5.89. The molecule has 0 amide bonds. The minimum atomic E-state index is -0.904. The van der Waals surface area contributed by atoms with Crippen LogP contribution in [0.1, 0.15) is 24.1 Å². The van der Waals surface area contributed by atoms with Gasteiger partial charge >= 0.3 is 0 Å². The summed E-state index contributed by atoms with van der Waals surface area (Å²) in [5.41, 5.74) is 2.14. The van der Waals surface area contributed by atoms with Crippen LogP contribution in [-0.2, 0) is 11.3 Å². The average Bonchev–Trinajstić information content (AvgIpc) is 2.60. The summed E-state index contributed by atoms with van der Waals surface area (Å²) in [6, 6.07) is 7.47. The molecule has 1 aromatic carbocycles. The van der Waals surface area contributed by atoms with Crippen LogP contribution in [0.15, 0.2) is 24.3 Å². The lowest BCUT2D eigenvalue weighted by Crippen LogP contribution is -2.29. The third-order valence-corrected chi connectivity index (χ3v) is 2.56. The minimum Gasteiger partial charge on any atom is -0.386 e. The standard InChI is InChI=1S/C11H13NO2/c1-7(13)11(14)10-9-5-3-2-4-8(9)6-12-10/h2-5,7,10,12-13H,6H2,1H3. The molecule has 2 N–H and O–H groups in total. The van der Waals surface area contributed by atoms with Crippen molar-refractivity contribution in [3.05, 3.63) is 35.4 Å². The number of carbonyl (C=O) groups excluding carboxylic acids is 1. The number of hydrogen-bond acceptors (Lipinski definition) is 3. The molecule has 0 radical (unpaired) electrons. The summed E-state index contributed by atoms with van der Waals surface area (Å²) in [4.78, 5) is 11.6. The van der Waals surface area contributed by atoms with Crippen molar-refractivity contribution in [3.63, 3.8) is 0 Å². The SMILES string of the molecule is CC(O)C(=O)C1NCc2ccccc21. The Labute approximate surface area is 82.8 Å². The van der Waals surface area contributed by atoms with Crippen LogP contribution in [0.2, 0.25) is 0 Å². The van der Waals surface area contributed by atoms with E-state index in [0.29, 0.717) is 6.54 Å². The second-order valence-corrected chi connectivity index (χ2v) is 3.59. The van der Waals surface area contributed by atoms with Crippen molar-refractivity contribution >= 4 is 5.78 Å². The van der Waals surface area contributed by atoms with E-state index in [1.165, 1.54) is 6.92 Å². The highest BCUT2D eigenvalue weighted by atomic mass is 16.3. The van der Waals surface area contributed by atoms with E-state index in [-0.39, 0.29) is 11.8 Å². The van der Waals surface area contributed by atoms with Gasteiger partial charge in [-0.2, -0.15) is 0 Å². The summed E-state index contributed by atoms with van der Waals surface area (Å²) in [5, 5.41) is 12.3. The van der Waals surface area contributed by atoms with Crippen molar-refractivity contribution in [1.82, 2.24) is 5.32 Å². The van der Waals surface area contributed by atoms with Gasteiger partial charge in [0, 0.05) is 6.54 Å². The minimum absolute atomic E-state index is 0.157. The first-order valence-corrected chi connectivity index (χ1v) is 4.73. The molecule has 0 aliphatic carbocycles. The van der Waals surface area contributed by atoms with Gasteiger partial charge in [0.1, 0.15) is 6.10 Å². The number of nitrogens with one attached hydrogen (secondary N) is 1. The molecule has 3 heteroatoms. The Hall–Kier alpha value is -1.19. The fraction of sp³-hybridized carbons (Fsp3) is 0.364. The van der Waals surface area contributed by atoms with E-state index in [1.54, 1.807) is 0 Å². The Bertz CT molecular complexity index is 360. The first-order chi connectivity index (χ1) is 6.70. The molecule has 1 heterocycles. The molecule has 1 aromatic rings. The second kappa shape index (κ2) is 3.52. The third kappa shape index (κ3) is 1.45. The zero-order valence-corrected chi connectivity index (χ0v) is 8.03. The molecule has 0 bridgehead atoms. The van der Waals surface area contributed by atoms with Crippen LogP contribution in [0.5, 0.6) is 0 Å². The van der Waals surface area contributed by atoms with Crippen molar-refractivity contribution in [1.29, 1.82) is 0 Å². The number of aliphatic hydroxyl groups is 1. The van der Waals surface area contributed by atoms with Crippen LogP contribution in [0.25, 0.3) is 0 Å². The Kier molecular flexibility index (Phi) is 2.35. The van der Waals surface area contributed by atoms with E-state index >= 15 is 0 Å². The zero-order chi connectivity index (χ0) is 10.1. The second-order valence-electron chi connectivity index (χ2n) is 3.59. The van der Waals surface area contributed by atoms with E-state index in [0.717, 1.165) is 11.1 Å². The number of Topliss-reactive ketones (excluding diaryl/α,β-unsaturated/α-hetero) is 1. The molecule has 0 fully saturated rings. The summed E-state index contributed by atoms with van der Waals surface area (Å²) < 4.78 is 0. The van der Waals surface area contributed by atoms with Gasteiger partial charge in [0.2, 0.25) is 0 Å². The van der Waals surface area contributed by atoms with Gasteiger partial charge in [-0.1, -0.05) is 24.3 Å². The molecule has 0 aromatic heterocycles. The first-order valence-electron chi connectivity index (χ1n) is 4.73. The Balaban J connectivity index is 2.30. The molecule has 3 nitrogen and oxygen atoms in total. The Morgan fingerprint density at radius 3 is 3.00 bits per heavy atom. The normalized spacial score (nSPS) is 21.7. The molecule has 0 saturated carbocycles. The number of fused-ring (bicyclic) bond motifs is 1. The molecule has 74 valence electrons. The molecule has 2 unspecified atom stereocenters. The summed E-state index contributed by atoms with van der Waals surface area (Å²) >= 11 is 0. The van der Waals surface area contributed by atoms with Gasteiger partial charge in [-0.3, -0.25) is 10.1 Å². The molecule has 0 spiro atoms. The van der Waals surface area contributed by atoms with Crippen LogP contribution < -0.4 is 5.32 Å². The van der Waals surface area contributed by atoms with Crippen LogP contribution in [0.4, 0.5) is 0 Å². The molecular weight excluding hydrogens is 178 g/mol. The summed E-state index contributed by atoms with van der Waals surface area (Å²) in [7, 11) is 0. The molecule has 0 saturated heterocycles. The maximum atomic E-state index is 11.6. The lowest BCUT2D eigenvalue weighted by Gasteiger charge is -2.12. The van der Waals surface area contributed by atoms with Crippen molar-refractivity contribution in [2.75, 3.05) is 0 Å². The quantitative estimate of drug-likeness (QED) is 0.726. The summed E-state index contributed by atoms with van der Waals surface area (Å²) in [5.74, 6) is -0.157. The summed E-state index contributed by atoms with van der Waals surface area (Å²) in [6.07, 6.45) is -0.904. The zero-order valence-electron chi connectivity index (χ0n) is 8.03. The molecule has 1 aliphatic rings. The number of rotatable bonds is 2. The number of aliphatic hydroxyl groups excluding tert-OH is 1. The van der Waals surface area contributed by atoms with Crippen LogP contribution in [0.3, 0.4) is 0 Å². The van der Waals surface area contributed by atoms with Gasteiger partial charge in [0.15, 0.2) is 5.78 Å². The maximum Gasteiger partial charge on any atom is 0.182 e. The number of ketones is 1. The smallest absolute Gasteiger partial charge is 0.182 e. The van der Waals surface area contributed by atoms with Crippen LogP contribution in [0, 0.1) is 0 Å². The van der Waals surface area contributed by atoms with Crippen LogP contribution >= 0.6 is 0 Å². The van der Waals surface area contributed by atoms with E-state index < -0.39 is 6.10 Å². The van der Waals surface area contributed by atoms with E-state index in [2.05, 4.69) is 5.32 Å². The highest BCUT2D eigenvalue weighted by Gasteiger charge is 2.29. The maximum absolute atomic E-state index is 11.6. The van der Waals surface area contributed by atoms with Crippen molar-refractivity contribution < 1.29 is 9.90 Å². The molecular formula is C11H13NO2. The fourth-order valence-corrected chi connectivity index (χ4v) is 1.79. The van der Waals surface area contributed by atoms with E-state index in [4.69, 9.17) is 0 Å². The predicted molar refractivity (Wildman–Crippen MR) is 52.7 cm³/mol. The molecule has 1 aliphatic heterocycles. The lowest BCUT2D eigenvalue weighted by atomic mass is 10.00. The van der Waals surface area contributed by atoms with Crippen molar-refractivity contribution in [2.45, 2.75) is 25.6 Å². The van der Waals surface area contributed by atoms with Crippen molar-refractivity contribution in [2.24, 2.45) is 0 Å². The average molecular weight is 191 g/mol. The van der Waals surface area contributed by atoms with E-state index in [1.807, 2.05) is 24.3 Å². The monoisotopic (exact) mass is 191 g/mol. The molecule has 14 heavy (non-hydrogen) atoms. The summed E-state index contributed by atoms with van der Waals surface area (Å²) in [6.45, 7) is 2.21. The molecule has 2 atom stereocenters. The highest BCUT2D eigenvalue weighted by Crippen LogP contribution is 2.26. The van der Waals surface area contributed by atoms with Gasteiger partial charge in [-0.25, -0.2) is 0 Å². The van der Waals surface area contributed by atoms with Gasteiger partial charge in [-0.15, -0.1) is 0 Å². The topological polar surface area (TPSA) is 49.3 Å². The van der Waals surface area contributed by atoms with E-state index in [9.17, 15) is 9.90 Å². The Morgan fingerprint density at radius 1 is 1.57 bits per heavy atom. The first kappa shape index (κ1) is 9.37. The third-order valence-electron chi connectivity index (χ3n) is 2.56. The fourth-order valence-electron chi connectivity index (χ4n) is 1.79. The number of hydrogen-bond donors (Lipinski definition) is 2. The molecule has 2 rings (SSSR count). The Morgan fingerprint density at radius 2 is 2.29 bits per heavy atom. The van der Waals surface area contributed by atoms with Crippen LogP contribution in [-0.4, -0.2) is 17.0 Å². The van der Waals surface area contributed by atoms with Gasteiger partial charge < -0.3 is 5.11 Å². The lowest BCUT2D eigenvalue weighted by molar-refractivity contribution is -0.128. The largest absolute Gasteiger partial charge is 0.386 e. The number of carbonyl (C=O) groups is 1. The predicted octanol–water partition coefficient (Wildman–Crippen LogP) is 0.781. The van der Waals surface area contributed by atoms with Gasteiger partial charge in [-0.05, 0) is 18.1 Å².